The molecule has 4 N–H and O–H groups in total. The van der Waals surface area contributed by atoms with E-state index in [2.05, 4.69) is 15.3 Å². The van der Waals surface area contributed by atoms with E-state index >= 15 is 0 Å². The molecule has 0 saturated carbocycles. The minimum atomic E-state index is -1.36. The molecule has 0 radical (unpaired) electrons. The zero-order valence-electron chi connectivity index (χ0n) is 21.5. The molecular weight excluding hydrogens is 536 g/mol. The van der Waals surface area contributed by atoms with Gasteiger partial charge < -0.3 is 29.8 Å². The van der Waals surface area contributed by atoms with Crippen LogP contribution >= 0.6 is 0 Å². The van der Waals surface area contributed by atoms with E-state index < -0.39 is 11.9 Å². The molecule has 210 valence electrons. The molecule has 0 aromatic heterocycles. The number of carbonyl (C=O) groups is 3. The molecule has 4 rings (SSSR count). The fourth-order valence-corrected chi connectivity index (χ4v) is 4.36. The first-order chi connectivity index (χ1) is 19.7. The average molecular weight is 561 g/mol. The number of fused-ring (bicyclic) bond motifs is 2. The molecule has 13 heteroatoms. The predicted molar refractivity (Wildman–Crippen MR) is 146 cm³/mol. The molecule has 0 bridgehead atoms. The van der Waals surface area contributed by atoms with Gasteiger partial charge in [0.25, 0.3) is 0 Å². The van der Waals surface area contributed by atoms with Crippen molar-refractivity contribution >= 4 is 28.8 Å². The van der Waals surface area contributed by atoms with Crippen molar-refractivity contribution in [3.63, 3.8) is 0 Å². The van der Waals surface area contributed by atoms with Crippen molar-refractivity contribution < 1.29 is 38.9 Å². The van der Waals surface area contributed by atoms with Crippen LogP contribution in [-0.2, 0) is 16.0 Å². The maximum atomic E-state index is 12.4. The van der Waals surface area contributed by atoms with E-state index in [1.54, 1.807) is 6.07 Å². The molecule has 0 atom stereocenters. The highest BCUT2D eigenvalue weighted by Gasteiger charge is 2.24. The Balaban J connectivity index is 1.71. The van der Waals surface area contributed by atoms with Gasteiger partial charge in [0.05, 0.1) is 24.3 Å². The lowest BCUT2D eigenvalue weighted by Crippen LogP contribution is -2.27. The van der Waals surface area contributed by atoms with Crippen molar-refractivity contribution in [2.45, 2.75) is 12.8 Å². The number of azide groups is 1. The van der Waals surface area contributed by atoms with Crippen LogP contribution in [0.15, 0.2) is 62.9 Å². The van der Waals surface area contributed by atoms with Gasteiger partial charge in [-0.25, -0.2) is 9.59 Å². The predicted octanol–water partition coefficient (Wildman–Crippen LogP) is 4.04. The molecule has 41 heavy (non-hydrogen) atoms. The average Bonchev–Trinajstić information content (AvgIpc) is 2.94. The lowest BCUT2D eigenvalue weighted by molar-refractivity contribution is -0.121. The van der Waals surface area contributed by atoms with Gasteiger partial charge in [0, 0.05) is 53.1 Å². The number of carboxylic acids is 2. The second-order valence-electron chi connectivity index (χ2n) is 8.90. The summed E-state index contributed by atoms with van der Waals surface area (Å²) in [6.45, 7) is 0.875. The lowest BCUT2D eigenvalue weighted by atomic mass is 9.89. The molecule has 1 amide bonds. The van der Waals surface area contributed by atoms with Crippen molar-refractivity contribution in [2.75, 3.05) is 26.3 Å². The number of hydrogen-bond acceptors (Lipinski definition) is 8. The third kappa shape index (κ3) is 6.61. The number of phenolic OH excluding ortho intramolecular Hbond substituents is 1. The van der Waals surface area contributed by atoms with Crippen molar-refractivity contribution in [1.82, 2.24) is 5.32 Å². The number of hydrogen-bond donors (Lipinski definition) is 4. The van der Waals surface area contributed by atoms with Crippen LogP contribution < -0.4 is 10.7 Å². The van der Waals surface area contributed by atoms with Gasteiger partial charge in [-0.05, 0) is 53.4 Å². The van der Waals surface area contributed by atoms with E-state index in [0.717, 1.165) is 6.07 Å². The normalized spacial score (nSPS) is 10.8. The first-order valence-corrected chi connectivity index (χ1v) is 12.4. The van der Waals surface area contributed by atoms with Gasteiger partial charge in [0.2, 0.25) is 5.91 Å². The maximum absolute atomic E-state index is 12.4. The number of aromatic carboxylic acids is 2. The van der Waals surface area contributed by atoms with Gasteiger partial charge >= 0.3 is 11.9 Å². The number of carbonyl (C=O) groups excluding carboxylic acids is 1. The van der Waals surface area contributed by atoms with Crippen LogP contribution in [0.4, 0.5) is 0 Å². The highest BCUT2D eigenvalue weighted by atomic mass is 16.5. The maximum Gasteiger partial charge on any atom is 0.336 e. The summed E-state index contributed by atoms with van der Waals surface area (Å²) in [5.74, 6) is -2.97. The molecule has 1 heterocycles. The van der Waals surface area contributed by atoms with E-state index in [0.29, 0.717) is 22.1 Å². The van der Waals surface area contributed by atoms with Crippen LogP contribution in [0.5, 0.6) is 5.75 Å². The molecule has 0 spiro atoms. The summed E-state index contributed by atoms with van der Waals surface area (Å²) in [7, 11) is 0. The van der Waals surface area contributed by atoms with Gasteiger partial charge in [-0.2, -0.15) is 0 Å². The number of amides is 1. The van der Waals surface area contributed by atoms with Crippen molar-refractivity contribution in [3.8, 4) is 28.2 Å². The van der Waals surface area contributed by atoms with E-state index in [-0.39, 0.29) is 84.3 Å². The smallest absolute Gasteiger partial charge is 0.336 e. The molecule has 2 aliphatic rings. The molecule has 2 aromatic rings. The first kappa shape index (κ1) is 28.6. The minimum Gasteiger partial charge on any atom is -0.508 e. The van der Waals surface area contributed by atoms with Crippen LogP contribution in [0.2, 0.25) is 0 Å². The summed E-state index contributed by atoms with van der Waals surface area (Å²) < 4.78 is 11.1. The number of aryl methyl sites for hydroxylation is 1. The third-order valence-corrected chi connectivity index (χ3v) is 6.25. The SMILES string of the molecule is [N-]=[N+]=NCCOCCNC(=O)CCc1cc2c(-c3ccc(C(=O)O)cc3C(=O)O)c3ccc(=O)cc-3oc2cc1O. The number of phenols is 1. The number of nitrogens with zero attached hydrogens (tertiary/aromatic N) is 3. The zero-order valence-corrected chi connectivity index (χ0v) is 21.5. The Labute approximate surface area is 231 Å². The number of rotatable bonds is 12. The van der Waals surface area contributed by atoms with Crippen LogP contribution in [0, 0.1) is 0 Å². The third-order valence-electron chi connectivity index (χ3n) is 6.25. The molecule has 13 nitrogen and oxygen atoms in total. The molecule has 0 fully saturated rings. The summed E-state index contributed by atoms with van der Waals surface area (Å²) in [6, 6.07) is 10.6. The van der Waals surface area contributed by atoms with Crippen molar-refractivity contribution in [3.05, 3.63) is 85.9 Å². The highest BCUT2D eigenvalue weighted by Crippen LogP contribution is 2.43. The largest absolute Gasteiger partial charge is 0.508 e. The minimum absolute atomic E-state index is 0.0189. The number of benzene rings is 3. The first-order valence-electron chi connectivity index (χ1n) is 12.4. The summed E-state index contributed by atoms with van der Waals surface area (Å²) >= 11 is 0. The summed E-state index contributed by atoms with van der Waals surface area (Å²) in [4.78, 5) is 50.7. The van der Waals surface area contributed by atoms with Gasteiger partial charge in [0.15, 0.2) is 5.43 Å². The van der Waals surface area contributed by atoms with Crippen LogP contribution in [0.3, 0.4) is 0 Å². The Morgan fingerprint density at radius 3 is 2.51 bits per heavy atom. The summed E-state index contributed by atoms with van der Waals surface area (Å²) in [6.07, 6.45) is 0.150. The van der Waals surface area contributed by atoms with Gasteiger partial charge in [0.1, 0.15) is 17.1 Å². The van der Waals surface area contributed by atoms with Crippen LogP contribution in [0.25, 0.3) is 43.9 Å². The topological polar surface area (TPSA) is 212 Å². The van der Waals surface area contributed by atoms with Crippen LogP contribution in [-0.4, -0.2) is 59.5 Å². The fourth-order valence-electron chi connectivity index (χ4n) is 4.36. The molecule has 1 aliphatic carbocycles. The Morgan fingerprint density at radius 2 is 1.78 bits per heavy atom. The van der Waals surface area contributed by atoms with Crippen molar-refractivity contribution in [2.24, 2.45) is 5.11 Å². The van der Waals surface area contributed by atoms with E-state index in [1.165, 1.54) is 36.4 Å². The van der Waals surface area contributed by atoms with E-state index in [4.69, 9.17) is 14.7 Å². The lowest BCUT2D eigenvalue weighted by Gasteiger charge is -2.18. The second-order valence-corrected chi connectivity index (χ2v) is 8.90. The van der Waals surface area contributed by atoms with Gasteiger partial charge in [-0.3, -0.25) is 9.59 Å². The molecule has 2 aromatic carbocycles. The Kier molecular flexibility index (Phi) is 8.82. The molecule has 0 unspecified atom stereocenters. The van der Waals surface area contributed by atoms with Gasteiger partial charge in [-0.1, -0.05) is 11.2 Å². The van der Waals surface area contributed by atoms with Crippen LogP contribution in [0.1, 0.15) is 32.7 Å². The van der Waals surface area contributed by atoms with E-state index in [1.807, 2.05) is 0 Å². The number of nitrogens with one attached hydrogen (secondary N) is 1. The van der Waals surface area contributed by atoms with Crippen molar-refractivity contribution in [1.29, 1.82) is 0 Å². The van der Waals surface area contributed by atoms with Gasteiger partial charge in [-0.15, -0.1) is 0 Å². The number of aromatic hydroxyl groups is 1. The molecular formula is C28H24N4O9. The highest BCUT2D eigenvalue weighted by molar-refractivity contribution is 6.08. The fraction of sp³-hybridized carbons (Fsp3) is 0.214. The summed E-state index contributed by atoms with van der Waals surface area (Å²) in [5.41, 5.74) is 8.87. The Morgan fingerprint density at radius 1 is 1.00 bits per heavy atom. The number of carboxylic acid groups (broad SMARTS) is 2. The second kappa shape index (κ2) is 12.6. The Bertz CT molecular complexity index is 1720. The summed E-state index contributed by atoms with van der Waals surface area (Å²) in [5, 5.41) is 36.4. The Hall–Kier alpha value is -5.39. The quantitative estimate of drug-likeness (QED) is 0.0646. The zero-order chi connectivity index (χ0) is 29.5. The number of ether oxygens (including phenoxy) is 1. The van der Waals surface area contributed by atoms with E-state index in [9.17, 15) is 34.5 Å². The molecule has 1 aliphatic heterocycles. The molecule has 0 saturated heterocycles. The standard InChI is InChI=1S/C28H24N4O9/c29-32-31-8-10-40-9-7-30-25(35)6-2-15-11-21-24(14-22(15)34)41-23-13-17(33)3-5-19(23)26(21)18-4-1-16(27(36)37)12-20(18)28(38)39/h1,3-5,11-14,34H,2,6-10H2,(H,30,35)(H,36,37)(H,38,39). The monoisotopic (exact) mass is 560 g/mol.